The monoisotopic (exact) mass is 449 g/mol. The molecule has 1 amide bonds. The molecule has 0 bridgehead atoms. The van der Waals surface area contributed by atoms with Crippen LogP contribution in [-0.4, -0.2) is 34.3 Å². The van der Waals surface area contributed by atoms with Crippen molar-refractivity contribution in [3.63, 3.8) is 0 Å². The Labute approximate surface area is 193 Å². The van der Waals surface area contributed by atoms with E-state index in [0.29, 0.717) is 16.8 Å². The molecule has 166 valence electrons. The lowest BCUT2D eigenvalue weighted by atomic mass is 9.98. The Morgan fingerprint density at radius 1 is 1.22 bits per heavy atom. The van der Waals surface area contributed by atoms with Gasteiger partial charge in [0.15, 0.2) is 5.11 Å². The summed E-state index contributed by atoms with van der Waals surface area (Å²) in [6.45, 7) is 4.33. The molecule has 1 aliphatic rings. The van der Waals surface area contributed by atoms with Gasteiger partial charge in [0.25, 0.3) is 0 Å². The average molecular weight is 450 g/mol. The third-order valence-electron chi connectivity index (χ3n) is 5.48. The van der Waals surface area contributed by atoms with Crippen LogP contribution in [0.25, 0.3) is 0 Å². The molecule has 32 heavy (non-hydrogen) atoms. The minimum Gasteiger partial charge on any atom is -0.375 e. The second-order valence-electron chi connectivity index (χ2n) is 8.01. The zero-order chi connectivity index (χ0) is 22.7. The molecule has 0 radical (unpaired) electrons. The van der Waals surface area contributed by atoms with Gasteiger partial charge in [-0.3, -0.25) is 9.78 Å². The second kappa shape index (κ2) is 9.50. The summed E-state index contributed by atoms with van der Waals surface area (Å²) in [5, 5.41) is 6.93. The molecule has 0 spiro atoms. The Morgan fingerprint density at radius 3 is 2.62 bits per heavy atom. The van der Waals surface area contributed by atoms with E-state index in [9.17, 15) is 4.79 Å². The number of hydrogen-bond donors (Lipinski definition) is 2. The van der Waals surface area contributed by atoms with Crippen molar-refractivity contribution in [2.75, 3.05) is 23.9 Å². The first kappa shape index (κ1) is 22.0. The molecule has 2 atom stereocenters. The molecule has 3 aromatic rings. The largest absolute Gasteiger partial charge is 0.375 e. The summed E-state index contributed by atoms with van der Waals surface area (Å²) in [7, 11) is 1.49. The van der Waals surface area contributed by atoms with Crippen LogP contribution in [0, 0.1) is 0 Å². The first-order valence-electron chi connectivity index (χ1n) is 10.5. The molecule has 8 heteroatoms. The number of nitrogens with one attached hydrogen (secondary N) is 2. The number of thiocarbonyl (C=S) groups is 1. The number of pyridine rings is 1. The highest BCUT2D eigenvalue weighted by Crippen LogP contribution is 2.41. The van der Waals surface area contributed by atoms with Crippen LogP contribution < -0.4 is 15.5 Å². The van der Waals surface area contributed by atoms with Crippen molar-refractivity contribution in [1.82, 2.24) is 14.9 Å². The molecule has 2 aromatic heterocycles. The minimum atomic E-state index is -0.193. The summed E-state index contributed by atoms with van der Waals surface area (Å²) in [4.78, 5) is 18.5. The van der Waals surface area contributed by atoms with E-state index in [2.05, 4.69) is 57.4 Å². The van der Waals surface area contributed by atoms with Crippen molar-refractivity contribution in [1.29, 1.82) is 0 Å². The fraction of sp³-hybridized carbons (Fsp3) is 0.292. The first-order chi connectivity index (χ1) is 15.5. The quantitative estimate of drug-likeness (QED) is 0.526. The fourth-order valence-corrected chi connectivity index (χ4v) is 4.28. The maximum absolute atomic E-state index is 11.8. The summed E-state index contributed by atoms with van der Waals surface area (Å²) in [5.74, 6) is -0.193. The topological polar surface area (TPSA) is 71.4 Å². The van der Waals surface area contributed by atoms with Crippen LogP contribution in [0.15, 0.2) is 67.1 Å². The fourth-order valence-electron chi connectivity index (χ4n) is 3.93. The van der Waals surface area contributed by atoms with Crippen LogP contribution in [0.3, 0.4) is 0 Å². The lowest BCUT2D eigenvalue weighted by Gasteiger charge is -2.27. The summed E-state index contributed by atoms with van der Waals surface area (Å²) in [6.07, 6.45) is 6.08. The zero-order valence-electron chi connectivity index (χ0n) is 18.4. The van der Waals surface area contributed by atoms with Gasteiger partial charge in [0.1, 0.15) is 6.61 Å². The summed E-state index contributed by atoms with van der Waals surface area (Å²) in [5.41, 5.74) is 3.73. The number of amides is 1. The van der Waals surface area contributed by atoms with Gasteiger partial charge < -0.3 is 24.8 Å². The Bertz CT molecular complexity index is 1080. The van der Waals surface area contributed by atoms with Crippen molar-refractivity contribution in [2.24, 2.45) is 0 Å². The van der Waals surface area contributed by atoms with Crippen LogP contribution >= 0.6 is 12.2 Å². The molecule has 4 rings (SSSR count). The molecule has 3 heterocycles. The van der Waals surface area contributed by atoms with Crippen LogP contribution in [0.4, 0.5) is 11.4 Å². The van der Waals surface area contributed by atoms with Crippen molar-refractivity contribution >= 4 is 34.6 Å². The second-order valence-corrected chi connectivity index (χ2v) is 8.40. The number of rotatable bonds is 7. The minimum absolute atomic E-state index is 0.0164. The first-order valence-corrected chi connectivity index (χ1v) is 11.0. The molecular weight excluding hydrogens is 422 g/mol. The summed E-state index contributed by atoms with van der Waals surface area (Å²) < 4.78 is 7.07. The standard InChI is InChI=1S/C24H27N5O2S/c1-16(2)28-13-11-17(14-28)23-22(20-6-4-5-12-25-20)27-24(32)29(23)19-9-7-18(8-10-19)26-21(30)15-31-3/h4-14,16,22-23H,15H2,1-3H3,(H,26,30)(H,27,32). The molecule has 0 saturated carbocycles. The van der Waals surface area contributed by atoms with Gasteiger partial charge in [-0.25, -0.2) is 0 Å². The normalized spacial score (nSPS) is 18.1. The summed E-state index contributed by atoms with van der Waals surface area (Å²) >= 11 is 5.77. The Balaban J connectivity index is 1.68. The van der Waals surface area contributed by atoms with Crippen molar-refractivity contribution in [2.45, 2.75) is 32.0 Å². The van der Waals surface area contributed by atoms with Crippen LogP contribution in [0.5, 0.6) is 0 Å². The number of carbonyl (C=O) groups excluding carboxylic acids is 1. The van der Waals surface area contributed by atoms with Gasteiger partial charge >= 0.3 is 0 Å². The summed E-state index contributed by atoms with van der Waals surface area (Å²) in [6, 6.07) is 15.9. The third kappa shape index (κ3) is 4.51. The van der Waals surface area contributed by atoms with Crippen LogP contribution in [0.2, 0.25) is 0 Å². The maximum atomic E-state index is 11.8. The Morgan fingerprint density at radius 2 is 2.00 bits per heavy atom. The number of ether oxygens (including phenoxy) is 1. The number of anilines is 2. The third-order valence-corrected chi connectivity index (χ3v) is 5.79. The van der Waals surface area contributed by atoms with Crippen molar-refractivity contribution in [3.05, 3.63) is 78.4 Å². The Kier molecular flexibility index (Phi) is 6.53. The zero-order valence-corrected chi connectivity index (χ0v) is 19.2. The van der Waals surface area contributed by atoms with Gasteiger partial charge in [0, 0.05) is 43.1 Å². The molecule has 1 saturated heterocycles. The number of carbonyl (C=O) groups is 1. The van der Waals surface area contributed by atoms with Crippen molar-refractivity contribution in [3.8, 4) is 0 Å². The van der Waals surface area contributed by atoms with Gasteiger partial charge in [0.2, 0.25) is 5.91 Å². The van der Waals surface area contributed by atoms with Gasteiger partial charge in [-0.1, -0.05) is 6.07 Å². The molecule has 0 aliphatic carbocycles. The highest BCUT2D eigenvalue weighted by molar-refractivity contribution is 7.80. The SMILES string of the molecule is COCC(=O)Nc1ccc(N2C(=S)NC(c3ccccn3)C2c2ccn(C(C)C)c2)cc1. The highest BCUT2D eigenvalue weighted by Gasteiger charge is 2.41. The van der Waals surface area contributed by atoms with E-state index < -0.39 is 0 Å². The molecule has 1 aromatic carbocycles. The molecule has 7 nitrogen and oxygen atoms in total. The number of methoxy groups -OCH3 is 1. The van der Waals surface area contributed by atoms with E-state index >= 15 is 0 Å². The number of nitrogens with zero attached hydrogens (tertiary/aromatic N) is 3. The maximum Gasteiger partial charge on any atom is 0.250 e. The number of hydrogen-bond acceptors (Lipinski definition) is 4. The lowest BCUT2D eigenvalue weighted by molar-refractivity contribution is -0.119. The number of aromatic nitrogens is 2. The predicted octanol–water partition coefficient (Wildman–Crippen LogP) is 4.23. The molecule has 2 unspecified atom stereocenters. The molecule has 2 N–H and O–H groups in total. The smallest absolute Gasteiger partial charge is 0.250 e. The van der Waals surface area contributed by atoms with Gasteiger partial charge in [-0.05, 0) is 74.1 Å². The number of benzene rings is 1. The van der Waals surface area contributed by atoms with Gasteiger partial charge in [0.05, 0.1) is 17.8 Å². The van der Waals surface area contributed by atoms with E-state index in [1.54, 1.807) is 6.20 Å². The molecular formula is C24H27N5O2S. The molecule has 1 aliphatic heterocycles. The highest BCUT2D eigenvalue weighted by atomic mass is 32.1. The van der Waals surface area contributed by atoms with Gasteiger partial charge in [-0.15, -0.1) is 0 Å². The van der Waals surface area contributed by atoms with E-state index in [4.69, 9.17) is 17.0 Å². The van der Waals surface area contributed by atoms with E-state index in [-0.39, 0.29) is 24.6 Å². The van der Waals surface area contributed by atoms with E-state index in [1.807, 2.05) is 42.5 Å². The lowest BCUT2D eigenvalue weighted by Crippen LogP contribution is -2.29. The predicted molar refractivity (Wildman–Crippen MR) is 130 cm³/mol. The Hall–Kier alpha value is -3.23. The van der Waals surface area contributed by atoms with E-state index in [0.717, 1.165) is 16.9 Å². The van der Waals surface area contributed by atoms with Crippen LogP contribution in [0.1, 0.15) is 43.2 Å². The molecule has 1 fully saturated rings. The van der Waals surface area contributed by atoms with Gasteiger partial charge in [-0.2, -0.15) is 0 Å². The van der Waals surface area contributed by atoms with Crippen molar-refractivity contribution < 1.29 is 9.53 Å². The van der Waals surface area contributed by atoms with Crippen LogP contribution in [-0.2, 0) is 9.53 Å². The average Bonchev–Trinajstić information content (AvgIpc) is 3.40. The van der Waals surface area contributed by atoms with E-state index in [1.165, 1.54) is 7.11 Å².